The summed E-state index contributed by atoms with van der Waals surface area (Å²) in [6.45, 7) is 3.74. The van der Waals surface area contributed by atoms with Gasteiger partial charge in [-0.25, -0.2) is 4.68 Å². The summed E-state index contributed by atoms with van der Waals surface area (Å²) in [5.41, 5.74) is 3.49. The highest BCUT2D eigenvalue weighted by molar-refractivity contribution is 5.98. The smallest absolute Gasteiger partial charge is 0.254 e. The van der Waals surface area contributed by atoms with E-state index in [0.29, 0.717) is 25.2 Å². The predicted molar refractivity (Wildman–Crippen MR) is 101 cm³/mol. The van der Waals surface area contributed by atoms with Gasteiger partial charge in [-0.15, -0.1) is 5.10 Å². The fourth-order valence-electron chi connectivity index (χ4n) is 3.42. The lowest BCUT2D eigenvalue weighted by molar-refractivity contribution is 0.0498. The summed E-state index contributed by atoms with van der Waals surface area (Å²) in [5, 5.41) is 17.5. The quantitative estimate of drug-likeness (QED) is 0.537. The maximum atomic E-state index is 12.8. The van der Waals surface area contributed by atoms with Crippen LogP contribution in [0.25, 0.3) is 10.9 Å². The maximum absolute atomic E-state index is 12.8. The van der Waals surface area contributed by atoms with Crippen molar-refractivity contribution >= 4 is 16.8 Å². The Labute approximate surface area is 160 Å². The minimum atomic E-state index is 0.0301. The van der Waals surface area contributed by atoms with E-state index in [0.717, 1.165) is 22.2 Å². The number of aryl methyl sites for hydroxylation is 1. The number of aromatic nitrogens is 7. The van der Waals surface area contributed by atoms with Crippen LogP contribution in [0.2, 0.25) is 0 Å². The minimum Gasteiger partial charge on any atom is -0.334 e. The summed E-state index contributed by atoms with van der Waals surface area (Å²) < 4.78 is 1.82. The molecule has 0 saturated carbocycles. The van der Waals surface area contributed by atoms with Crippen molar-refractivity contribution in [1.82, 2.24) is 39.9 Å². The molecule has 0 atom stereocenters. The molecule has 0 aliphatic carbocycles. The molecule has 0 unspecified atom stereocenters. The third-order valence-corrected chi connectivity index (χ3v) is 5.06. The molecule has 28 heavy (non-hydrogen) atoms. The Morgan fingerprint density at radius 3 is 2.79 bits per heavy atom. The first-order valence-corrected chi connectivity index (χ1v) is 9.07. The molecule has 0 N–H and O–H groups in total. The highest BCUT2D eigenvalue weighted by atomic mass is 16.2. The van der Waals surface area contributed by atoms with Crippen LogP contribution < -0.4 is 0 Å². The topological polar surface area (TPSA) is 94.6 Å². The molecule has 9 nitrogen and oxygen atoms in total. The Morgan fingerprint density at radius 1 is 1.14 bits per heavy atom. The van der Waals surface area contributed by atoms with Crippen LogP contribution in [0.15, 0.2) is 49.1 Å². The van der Waals surface area contributed by atoms with E-state index in [4.69, 9.17) is 0 Å². The summed E-state index contributed by atoms with van der Waals surface area (Å²) in [6, 6.07) is 7.77. The minimum absolute atomic E-state index is 0.0301. The van der Waals surface area contributed by atoms with Crippen molar-refractivity contribution in [3.05, 3.63) is 65.9 Å². The van der Waals surface area contributed by atoms with Gasteiger partial charge in [-0.1, -0.05) is 5.21 Å². The number of fused-ring (bicyclic) bond motifs is 1. The van der Waals surface area contributed by atoms with Crippen molar-refractivity contribution in [2.24, 2.45) is 0 Å². The van der Waals surface area contributed by atoms with Gasteiger partial charge in [-0.05, 0) is 36.8 Å². The van der Waals surface area contributed by atoms with E-state index in [2.05, 4.69) is 25.5 Å². The summed E-state index contributed by atoms with van der Waals surface area (Å²) in [6.07, 6.45) is 6.93. The first-order chi connectivity index (χ1) is 13.7. The standard InChI is InChI=1S/C19H18N8O/c1-13-4-5-20-18-3-2-14(8-17(13)18)19(28)25-11-16(12-25)26-9-15(23-24-26)10-27-21-6-7-22-27/h2-9,16H,10-12H2,1H3. The van der Waals surface area contributed by atoms with E-state index in [9.17, 15) is 4.79 Å². The van der Waals surface area contributed by atoms with E-state index in [1.54, 1.807) is 23.4 Å². The molecule has 4 aromatic rings. The fraction of sp³-hybridized carbons (Fsp3) is 0.263. The zero-order valence-corrected chi connectivity index (χ0v) is 15.3. The lowest BCUT2D eigenvalue weighted by Crippen LogP contribution is -2.50. The number of likely N-dealkylation sites (tertiary alicyclic amines) is 1. The van der Waals surface area contributed by atoms with Gasteiger partial charge in [0.05, 0.1) is 30.1 Å². The predicted octanol–water partition coefficient (Wildman–Crippen LogP) is 1.47. The van der Waals surface area contributed by atoms with Crippen molar-refractivity contribution < 1.29 is 4.79 Å². The van der Waals surface area contributed by atoms with Crippen LogP contribution in [0.3, 0.4) is 0 Å². The number of amides is 1. The molecule has 1 fully saturated rings. The number of nitrogens with zero attached hydrogens (tertiary/aromatic N) is 8. The SMILES string of the molecule is Cc1ccnc2ccc(C(=O)N3CC(n4cc(Cn5nccn5)nn4)C3)cc12. The Bertz CT molecular complexity index is 1140. The van der Waals surface area contributed by atoms with Crippen molar-refractivity contribution in [1.29, 1.82) is 0 Å². The zero-order chi connectivity index (χ0) is 19.1. The third kappa shape index (κ3) is 2.90. The van der Waals surface area contributed by atoms with E-state index in [-0.39, 0.29) is 11.9 Å². The van der Waals surface area contributed by atoms with Gasteiger partial charge in [0.2, 0.25) is 0 Å². The van der Waals surface area contributed by atoms with Crippen LogP contribution in [0.1, 0.15) is 27.7 Å². The van der Waals surface area contributed by atoms with Crippen molar-refractivity contribution in [3.63, 3.8) is 0 Å². The van der Waals surface area contributed by atoms with Crippen LogP contribution in [-0.2, 0) is 6.54 Å². The number of rotatable bonds is 4. The zero-order valence-electron chi connectivity index (χ0n) is 15.3. The van der Waals surface area contributed by atoms with E-state index in [1.165, 1.54) is 0 Å². The summed E-state index contributed by atoms with van der Waals surface area (Å²) in [7, 11) is 0. The van der Waals surface area contributed by atoms with Gasteiger partial charge >= 0.3 is 0 Å². The molecule has 4 heterocycles. The maximum Gasteiger partial charge on any atom is 0.254 e. The molecule has 1 aliphatic rings. The Morgan fingerprint density at radius 2 is 1.96 bits per heavy atom. The molecule has 1 saturated heterocycles. The fourth-order valence-corrected chi connectivity index (χ4v) is 3.42. The summed E-state index contributed by atoms with van der Waals surface area (Å²) in [5.74, 6) is 0.0301. The lowest BCUT2D eigenvalue weighted by atomic mass is 10.0. The first-order valence-electron chi connectivity index (χ1n) is 9.07. The van der Waals surface area contributed by atoms with Crippen molar-refractivity contribution in [2.45, 2.75) is 19.5 Å². The Hall–Kier alpha value is -3.62. The van der Waals surface area contributed by atoms with E-state index < -0.39 is 0 Å². The average Bonchev–Trinajstić information content (AvgIpc) is 3.33. The number of pyridine rings is 1. The first kappa shape index (κ1) is 16.5. The van der Waals surface area contributed by atoms with Gasteiger partial charge in [0.25, 0.3) is 5.91 Å². The Kier molecular flexibility index (Phi) is 3.85. The van der Waals surface area contributed by atoms with Gasteiger partial charge < -0.3 is 4.90 Å². The highest BCUT2D eigenvalue weighted by Gasteiger charge is 2.33. The van der Waals surface area contributed by atoms with Crippen molar-refractivity contribution in [3.8, 4) is 0 Å². The monoisotopic (exact) mass is 374 g/mol. The number of hydrogen-bond acceptors (Lipinski definition) is 6. The number of benzene rings is 1. The highest BCUT2D eigenvalue weighted by Crippen LogP contribution is 2.24. The van der Waals surface area contributed by atoms with Crippen LogP contribution in [-0.4, -0.2) is 58.9 Å². The number of hydrogen-bond donors (Lipinski definition) is 0. The molecule has 5 rings (SSSR count). The molecule has 0 bridgehead atoms. The van der Waals surface area contributed by atoms with Crippen LogP contribution in [0.5, 0.6) is 0 Å². The molecular weight excluding hydrogens is 356 g/mol. The molecule has 1 aromatic carbocycles. The van der Waals surface area contributed by atoms with Gasteiger partial charge in [-0.2, -0.15) is 15.0 Å². The van der Waals surface area contributed by atoms with Crippen LogP contribution in [0, 0.1) is 6.92 Å². The Balaban J connectivity index is 1.26. The average molecular weight is 374 g/mol. The molecule has 3 aromatic heterocycles. The normalized spacial score (nSPS) is 14.4. The van der Waals surface area contributed by atoms with E-state index >= 15 is 0 Å². The molecule has 1 aliphatic heterocycles. The molecule has 9 heteroatoms. The number of carbonyl (C=O) groups is 1. The third-order valence-electron chi connectivity index (χ3n) is 5.06. The molecule has 0 radical (unpaired) electrons. The van der Waals surface area contributed by atoms with Crippen LogP contribution in [0.4, 0.5) is 0 Å². The largest absolute Gasteiger partial charge is 0.334 e. The van der Waals surface area contributed by atoms with Crippen molar-refractivity contribution in [2.75, 3.05) is 13.1 Å². The molecular formula is C19H18N8O. The number of carbonyl (C=O) groups excluding carboxylic acids is 1. The molecule has 0 spiro atoms. The van der Waals surface area contributed by atoms with Gasteiger partial charge in [-0.3, -0.25) is 9.78 Å². The van der Waals surface area contributed by atoms with Gasteiger partial charge in [0, 0.05) is 30.2 Å². The summed E-state index contributed by atoms with van der Waals surface area (Å²) >= 11 is 0. The summed E-state index contributed by atoms with van der Waals surface area (Å²) in [4.78, 5) is 20.5. The second-order valence-electron chi connectivity index (χ2n) is 6.97. The van der Waals surface area contributed by atoms with E-state index in [1.807, 2.05) is 47.0 Å². The second kappa shape index (κ2) is 6.52. The molecule has 140 valence electrons. The second-order valence-corrected chi connectivity index (χ2v) is 6.97. The van der Waals surface area contributed by atoms with Gasteiger partial charge in [0.1, 0.15) is 12.2 Å². The van der Waals surface area contributed by atoms with Gasteiger partial charge in [0.15, 0.2) is 0 Å². The molecule has 1 amide bonds. The lowest BCUT2D eigenvalue weighted by Gasteiger charge is -2.38. The van der Waals surface area contributed by atoms with Crippen LogP contribution >= 0.6 is 0 Å².